The molecule has 1 aliphatic heterocycles. The molecule has 3 atom stereocenters. The fraction of sp³-hybridized carbons (Fsp3) is 0.387. The predicted octanol–water partition coefficient (Wildman–Crippen LogP) is 5.32. The molecule has 1 saturated heterocycles. The Kier molecular flexibility index (Phi) is 10.2. The first-order chi connectivity index (χ1) is 18.7. The Morgan fingerprint density at radius 3 is 2.54 bits per heavy atom. The zero-order valence-corrected chi connectivity index (χ0v) is 23.5. The van der Waals surface area contributed by atoms with Crippen LogP contribution in [0.25, 0.3) is 10.9 Å². The van der Waals surface area contributed by atoms with Crippen molar-refractivity contribution in [3.8, 4) is 11.8 Å². The van der Waals surface area contributed by atoms with Crippen LogP contribution in [0.4, 0.5) is 5.69 Å². The summed E-state index contributed by atoms with van der Waals surface area (Å²) in [5.41, 5.74) is 2.35. The summed E-state index contributed by atoms with van der Waals surface area (Å²) in [5.74, 6) is 0.509. The van der Waals surface area contributed by atoms with E-state index in [1.165, 1.54) is 4.90 Å². The summed E-state index contributed by atoms with van der Waals surface area (Å²) in [6.07, 6.45) is 2.89. The average Bonchev–Trinajstić information content (AvgIpc) is 3.59. The smallest absolute Gasteiger partial charge is 0.270 e. The fourth-order valence-electron chi connectivity index (χ4n) is 4.82. The second-order valence-corrected chi connectivity index (χ2v) is 10.1. The van der Waals surface area contributed by atoms with Gasteiger partial charge in [-0.25, -0.2) is 0 Å². The molecule has 2 aromatic carbocycles. The normalized spacial score (nSPS) is 17.1. The molecule has 1 aliphatic rings. The molecule has 8 heteroatoms. The molecule has 3 unspecified atom stereocenters. The number of likely N-dealkylation sites (tertiary alicyclic amines) is 1. The molecule has 3 aromatic rings. The lowest BCUT2D eigenvalue weighted by Crippen LogP contribution is -2.51. The highest BCUT2D eigenvalue weighted by Gasteiger charge is 2.39. The number of carbonyl (C=O) groups is 2. The molecule has 0 saturated carbocycles. The predicted molar refractivity (Wildman–Crippen MR) is 156 cm³/mol. The molecule has 2 heterocycles. The van der Waals surface area contributed by atoms with Crippen LogP contribution in [0, 0.1) is 23.2 Å². The number of ether oxygens (including phenoxy) is 1. The number of amides is 2. The molecule has 1 aromatic heterocycles. The van der Waals surface area contributed by atoms with Crippen LogP contribution in [0.3, 0.4) is 0 Å². The number of fused-ring (bicyclic) bond motifs is 1. The maximum absolute atomic E-state index is 13.5. The van der Waals surface area contributed by atoms with E-state index in [0.29, 0.717) is 30.8 Å². The molecular weight excluding hydrogens is 490 g/mol. The summed E-state index contributed by atoms with van der Waals surface area (Å²) in [6.45, 7) is 8.31. The summed E-state index contributed by atoms with van der Waals surface area (Å²) in [4.78, 5) is 33.1. The van der Waals surface area contributed by atoms with Crippen molar-refractivity contribution in [1.82, 2.24) is 14.8 Å². The van der Waals surface area contributed by atoms with E-state index in [2.05, 4.69) is 22.9 Å². The van der Waals surface area contributed by atoms with Crippen molar-refractivity contribution in [3.63, 3.8) is 0 Å². The maximum Gasteiger partial charge on any atom is 0.270 e. The van der Waals surface area contributed by atoms with Crippen LogP contribution in [0.15, 0.2) is 67.3 Å². The van der Waals surface area contributed by atoms with Crippen molar-refractivity contribution in [1.29, 1.82) is 5.26 Å². The third-order valence-corrected chi connectivity index (χ3v) is 7.00. The van der Waals surface area contributed by atoms with E-state index >= 15 is 0 Å². The molecule has 4 rings (SSSR count). The molecule has 0 aliphatic carbocycles. The van der Waals surface area contributed by atoms with Crippen LogP contribution in [0.2, 0.25) is 0 Å². The average molecular weight is 530 g/mol. The standard InChI is InChI=1S/C24H30N4O3.C7H9N/c1-6-16-11-17(13-25)28(14-16)24(30)21(10-15(2)3)27(4)23(29)20-12-18-19(26-20)8-7-9-22(18)31-5;1-8-7-5-3-2-4-6-7/h6-9,12,15-17,21,26H,1,10-11,14H2,2-5H3;2-6,8H,1H3. The number of hydrogen-bond donors (Lipinski definition) is 2. The van der Waals surface area contributed by atoms with Gasteiger partial charge >= 0.3 is 0 Å². The number of H-pyrrole nitrogens is 1. The fourth-order valence-corrected chi connectivity index (χ4v) is 4.82. The SMILES string of the molecule is C=CC1CC(C#N)N(C(=O)C(CC(C)C)N(C)C(=O)c2cc3c(OC)cccc3[nH]2)C1.CNc1ccccc1. The Hall–Kier alpha value is -4.25. The number of likely N-dealkylation sites (N-methyl/N-ethyl adjacent to an activating group) is 1. The van der Waals surface area contributed by atoms with Gasteiger partial charge in [0.2, 0.25) is 5.91 Å². The lowest BCUT2D eigenvalue weighted by molar-refractivity contribution is -0.136. The summed E-state index contributed by atoms with van der Waals surface area (Å²) in [5, 5.41) is 13.4. The molecule has 0 bridgehead atoms. The van der Waals surface area contributed by atoms with E-state index in [-0.39, 0.29) is 23.7 Å². The molecule has 1 fully saturated rings. The quantitative estimate of drug-likeness (QED) is 0.385. The summed E-state index contributed by atoms with van der Waals surface area (Å²) in [6, 6.07) is 18.5. The molecule has 0 radical (unpaired) electrons. The molecule has 2 amide bonds. The minimum atomic E-state index is -0.653. The van der Waals surface area contributed by atoms with Crippen molar-refractivity contribution in [3.05, 3.63) is 72.9 Å². The Balaban J connectivity index is 0.000000449. The number of methoxy groups -OCH3 is 1. The van der Waals surface area contributed by atoms with Crippen molar-refractivity contribution in [2.45, 2.75) is 38.8 Å². The van der Waals surface area contributed by atoms with Gasteiger partial charge in [0.05, 0.1) is 13.2 Å². The topological polar surface area (TPSA) is 101 Å². The lowest BCUT2D eigenvalue weighted by atomic mass is 10.0. The van der Waals surface area contributed by atoms with Gasteiger partial charge in [-0.05, 0) is 55.0 Å². The molecular formula is C31H39N5O3. The number of anilines is 1. The van der Waals surface area contributed by atoms with Crippen LogP contribution < -0.4 is 10.1 Å². The number of hydrogen-bond acceptors (Lipinski definition) is 5. The minimum Gasteiger partial charge on any atom is -0.496 e. The van der Waals surface area contributed by atoms with Gasteiger partial charge in [0.25, 0.3) is 5.91 Å². The molecule has 39 heavy (non-hydrogen) atoms. The van der Waals surface area contributed by atoms with Crippen molar-refractivity contribution in [2.24, 2.45) is 11.8 Å². The number of carbonyl (C=O) groups excluding carboxylic acids is 2. The maximum atomic E-state index is 13.5. The van der Waals surface area contributed by atoms with Crippen LogP contribution in [0.5, 0.6) is 5.75 Å². The number of benzene rings is 2. The highest BCUT2D eigenvalue weighted by atomic mass is 16.5. The van der Waals surface area contributed by atoms with E-state index < -0.39 is 12.1 Å². The Labute approximate surface area is 231 Å². The third-order valence-electron chi connectivity index (χ3n) is 7.00. The first-order valence-electron chi connectivity index (χ1n) is 13.2. The second-order valence-electron chi connectivity index (χ2n) is 10.1. The zero-order valence-electron chi connectivity index (χ0n) is 23.5. The number of rotatable bonds is 8. The number of nitrogens with zero attached hydrogens (tertiary/aromatic N) is 3. The van der Waals surface area contributed by atoms with E-state index in [4.69, 9.17) is 4.74 Å². The van der Waals surface area contributed by atoms with Gasteiger partial charge in [0.15, 0.2) is 0 Å². The third kappa shape index (κ3) is 6.99. The van der Waals surface area contributed by atoms with Gasteiger partial charge in [-0.3, -0.25) is 9.59 Å². The van der Waals surface area contributed by atoms with E-state index in [1.54, 1.807) is 31.2 Å². The first-order valence-corrected chi connectivity index (χ1v) is 13.2. The van der Waals surface area contributed by atoms with Crippen molar-refractivity contribution >= 4 is 28.4 Å². The molecule has 0 spiro atoms. The molecule has 206 valence electrons. The van der Waals surface area contributed by atoms with E-state index in [0.717, 1.165) is 16.6 Å². The number of para-hydroxylation sites is 1. The van der Waals surface area contributed by atoms with Gasteiger partial charge < -0.3 is 24.8 Å². The number of aromatic amines is 1. The highest BCUT2D eigenvalue weighted by Crippen LogP contribution is 2.29. The van der Waals surface area contributed by atoms with Crippen LogP contribution in [-0.4, -0.2) is 66.4 Å². The monoisotopic (exact) mass is 529 g/mol. The Morgan fingerprint density at radius 1 is 1.26 bits per heavy atom. The Bertz CT molecular complexity index is 1310. The largest absolute Gasteiger partial charge is 0.496 e. The number of nitrogens with one attached hydrogen (secondary N) is 2. The van der Waals surface area contributed by atoms with E-state index in [1.807, 2.05) is 69.4 Å². The first kappa shape index (κ1) is 29.3. The number of aromatic nitrogens is 1. The summed E-state index contributed by atoms with van der Waals surface area (Å²) < 4.78 is 5.39. The van der Waals surface area contributed by atoms with Gasteiger partial charge in [-0.15, -0.1) is 6.58 Å². The van der Waals surface area contributed by atoms with Gasteiger partial charge in [0.1, 0.15) is 23.5 Å². The van der Waals surface area contributed by atoms with Crippen LogP contribution in [0.1, 0.15) is 37.2 Å². The summed E-state index contributed by atoms with van der Waals surface area (Å²) in [7, 11) is 5.15. The lowest BCUT2D eigenvalue weighted by Gasteiger charge is -2.32. The van der Waals surface area contributed by atoms with Crippen LogP contribution in [-0.2, 0) is 4.79 Å². The minimum absolute atomic E-state index is 0.0930. The van der Waals surface area contributed by atoms with Gasteiger partial charge in [-0.2, -0.15) is 5.26 Å². The zero-order chi connectivity index (χ0) is 28.5. The van der Waals surface area contributed by atoms with Crippen molar-refractivity contribution < 1.29 is 14.3 Å². The Morgan fingerprint density at radius 2 is 1.97 bits per heavy atom. The van der Waals surface area contributed by atoms with Gasteiger partial charge in [-0.1, -0.05) is 44.2 Å². The van der Waals surface area contributed by atoms with Crippen LogP contribution >= 0.6 is 0 Å². The number of nitriles is 1. The van der Waals surface area contributed by atoms with Gasteiger partial charge in [0, 0.05) is 37.2 Å². The second kappa shape index (κ2) is 13.5. The van der Waals surface area contributed by atoms with Crippen molar-refractivity contribution in [2.75, 3.05) is 33.1 Å². The summed E-state index contributed by atoms with van der Waals surface area (Å²) >= 11 is 0. The van der Waals surface area contributed by atoms with E-state index in [9.17, 15) is 14.9 Å². The highest BCUT2D eigenvalue weighted by molar-refractivity contribution is 6.01. The molecule has 2 N–H and O–H groups in total. The molecule has 8 nitrogen and oxygen atoms in total.